The number of benzene rings is 2. The van der Waals surface area contributed by atoms with Gasteiger partial charge in [-0.2, -0.15) is 0 Å². The van der Waals surface area contributed by atoms with Crippen molar-refractivity contribution >= 4 is 11.8 Å². The zero-order valence-electron chi connectivity index (χ0n) is 14.6. The van der Waals surface area contributed by atoms with Gasteiger partial charge >= 0.3 is 0 Å². The number of carbonyl (C=O) groups excluding carboxylic acids is 2. The summed E-state index contributed by atoms with van der Waals surface area (Å²) < 4.78 is 0. The van der Waals surface area contributed by atoms with Crippen LogP contribution in [0.25, 0.3) is 0 Å². The summed E-state index contributed by atoms with van der Waals surface area (Å²) in [6.45, 7) is 2.85. The molecule has 0 radical (unpaired) electrons. The van der Waals surface area contributed by atoms with Gasteiger partial charge in [-0.05, 0) is 30.9 Å². The predicted octanol–water partition coefficient (Wildman–Crippen LogP) is 3.21. The molecule has 4 nitrogen and oxygen atoms in total. The van der Waals surface area contributed by atoms with E-state index in [0.717, 1.165) is 24.0 Å². The second-order valence-corrected chi connectivity index (χ2v) is 6.59. The number of piperidine rings is 1. The summed E-state index contributed by atoms with van der Waals surface area (Å²) in [5.41, 5.74) is 3.25. The topological polar surface area (TPSA) is 49.4 Å². The molecule has 1 N–H and O–H groups in total. The monoisotopic (exact) mass is 336 g/mol. The van der Waals surface area contributed by atoms with Crippen LogP contribution in [0, 0.1) is 6.92 Å². The molecule has 130 valence electrons. The lowest BCUT2D eigenvalue weighted by atomic mass is 9.97. The van der Waals surface area contributed by atoms with Crippen LogP contribution < -0.4 is 5.32 Å². The maximum Gasteiger partial charge on any atom is 0.240 e. The number of carbonyl (C=O) groups is 2. The summed E-state index contributed by atoms with van der Waals surface area (Å²) in [6, 6.07) is 17.9. The van der Waals surface area contributed by atoms with E-state index in [1.54, 1.807) is 4.90 Å². The largest absolute Gasteiger partial charge is 0.344 e. The van der Waals surface area contributed by atoms with E-state index in [1.807, 2.05) is 61.5 Å². The van der Waals surface area contributed by atoms with E-state index >= 15 is 0 Å². The van der Waals surface area contributed by atoms with Crippen LogP contribution in [0.1, 0.15) is 42.0 Å². The van der Waals surface area contributed by atoms with Gasteiger partial charge in [0.15, 0.2) is 0 Å². The first-order valence-corrected chi connectivity index (χ1v) is 8.82. The SMILES string of the molecule is Cc1ccc(C(NC(=O)CN2CCCCC2=O)c2ccccc2)cc1. The normalized spacial score (nSPS) is 15.7. The highest BCUT2D eigenvalue weighted by Gasteiger charge is 2.23. The van der Waals surface area contributed by atoms with Crippen LogP contribution in [0.4, 0.5) is 0 Å². The van der Waals surface area contributed by atoms with E-state index < -0.39 is 0 Å². The van der Waals surface area contributed by atoms with E-state index in [1.165, 1.54) is 5.56 Å². The van der Waals surface area contributed by atoms with Crippen molar-refractivity contribution in [2.75, 3.05) is 13.1 Å². The van der Waals surface area contributed by atoms with Crippen molar-refractivity contribution in [1.29, 1.82) is 0 Å². The fourth-order valence-corrected chi connectivity index (χ4v) is 3.17. The number of amides is 2. The Hall–Kier alpha value is -2.62. The molecule has 1 heterocycles. The van der Waals surface area contributed by atoms with E-state index in [9.17, 15) is 9.59 Å². The molecular weight excluding hydrogens is 312 g/mol. The van der Waals surface area contributed by atoms with E-state index in [2.05, 4.69) is 5.32 Å². The lowest BCUT2D eigenvalue weighted by Crippen LogP contribution is -2.44. The van der Waals surface area contributed by atoms with Crippen molar-refractivity contribution in [2.24, 2.45) is 0 Å². The molecule has 0 aromatic heterocycles. The van der Waals surface area contributed by atoms with Gasteiger partial charge in [0, 0.05) is 13.0 Å². The van der Waals surface area contributed by atoms with Crippen molar-refractivity contribution in [2.45, 2.75) is 32.2 Å². The van der Waals surface area contributed by atoms with Crippen LogP contribution in [0.15, 0.2) is 54.6 Å². The Morgan fingerprint density at radius 2 is 1.72 bits per heavy atom. The van der Waals surface area contributed by atoms with Crippen LogP contribution in [0.3, 0.4) is 0 Å². The first kappa shape index (κ1) is 17.2. The number of hydrogen-bond donors (Lipinski definition) is 1. The third kappa shape index (κ3) is 4.47. The minimum absolute atomic E-state index is 0.0768. The number of nitrogens with zero attached hydrogens (tertiary/aromatic N) is 1. The van der Waals surface area contributed by atoms with E-state index in [4.69, 9.17) is 0 Å². The summed E-state index contributed by atoms with van der Waals surface area (Å²) in [5, 5.41) is 3.10. The van der Waals surface area contributed by atoms with Crippen molar-refractivity contribution in [3.8, 4) is 0 Å². The van der Waals surface area contributed by atoms with Gasteiger partial charge < -0.3 is 10.2 Å². The first-order valence-electron chi connectivity index (χ1n) is 8.82. The lowest BCUT2D eigenvalue weighted by Gasteiger charge is -2.27. The van der Waals surface area contributed by atoms with Crippen molar-refractivity contribution in [3.05, 3.63) is 71.3 Å². The van der Waals surface area contributed by atoms with Gasteiger partial charge in [-0.15, -0.1) is 0 Å². The van der Waals surface area contributed by atoms with E-state index in [-0.39, 0.29) is 24.4 Å². The molecule has 0 aliphatic carbocycles. The van der Waals surface area contributed by atoms with Crippen LogP contribution in [-0.4, -0.2) is 29.8 Å². The second-order valence-electron chi connectivity index (χ2n) is 6.59. The molecule has 3 rings (SSSR count). The van der Waals surface area contributed by atoms with Crippen LogP contribution >= 0.6 is 0 Å². The van der Waals surface area contributed by atoms with E-state index in [0.29, 0.717) is 13.0 Å². The predicted molar refractivity (Wildman–Crippen MR) is 98.0 cm³/mol. The fourth-order valence-electron chi connectivity index (χ4n) is 3.17. The Labute approximate surface area is 148 Å². The number of nitrogens with one attached hydrogen (secondary N) is 1. The first-order chi connectivity index (χ1) is 12.1. The smallest absolute Gasteiger partial charge is 0.240 e. The lowest BCUT2D eigenvalue weighted by molar-refractivity contribution is -0.137. The molecule has 0 spiro atoms. The number of rotatable bonds is 5. The minimum atomic E-state index is -0.214. The van der Waals surface area contributed by atoms with Crippen molar-refractivity contribution < 1.29 is 9.59 Å². The molecule has 1 aliphatic rings. The molecule has 0 bridgehead atoms. The molecule has 1 unspecified atom stereocenters. The fraction of sp³-hybridized carbons (Fsp3) is 0.333. The quantitative estimate of drug-likeness (QED) is 0.911. The molecule has 25 heavy (non-hydrogen) atoms. The van der Waals surface area contributed by atoms with Gasteiger partial charge in [-0.1, -0.05) is 60.2 Å². The third-order valence-corrected chi connectivity index (χ3v) is 4.60. The molecule has 2 aromatic rings. The van der Waals surface area contributed by atoms with Gasteiger partial charge in [0.05, 0.1) is 12.6 Å². The Bertz CT molecular complexity index is 725. The molecule has 2 amide bonds. The maximum absolute atomic E-state index is 12.6. The summed E-state index contributed by atoms with van der Waals surface area (Å²) in [5.74, 6) is -0.0438. The van der Waals surface area contributed by atoms with Crippen LogP contribution in [0.2, 0.25) is 0 Å². The minimum Gasteiger partial charge on any atom is -0.344 e. The van der Waals surface area contributed by atoms with Crippen LogP contribution in [-0.2, 0) is 9.59 Å². The summed E-state index contributed by atoms with van der Waals surface area (Å²) in [4.78, 5) is 26.2. The molecule has 1 atom stereocenters. The highest BCUT2D eigenvalue weighted by Crippen LogP contribution is 2.22. The zero-order chi connectivity index (χ0) is 17.6. The van der Waals surface area contributed by atoms with Crippen molar-refractivity contribution in [3.63, 3.8) is 0 Å². The second kappa shape index (κ2) is 7.97. The van der Waals surface area contributed by atoms with Crippen LogP contribution in [0.5, 0.6) is 0 Å². The molecule has 1 fully saturated rings. The van der Waals surface area contributed by atoms with Gasteiger partial charge in [0.1, 0.15) is 0 Å². The summed E-state index contributed by atoms with van der Waals surface area (Å²) in [6.07, 6.45) is 2.44. The molecular formula is C21H24N2O2. The molecule has 1 aliphatic heterocycles. The summed E-state index contributed by atoms with van der Waals surface area (Å²) in [7, 11) is 0. The Morgan fingerprint density at radius 1 is 1.04 bits per heavy atom. The van der Waals surface area contributed by atoms with Gasteiger partial charge in [-0.3, -0.25) is 9.59 Å². The standard InChI is InChI=1S/C21H24N2O2/c1-16-10-12-18(13-11-16)21(17-7-3-2-4-8-17)22-19(24)15-23-14-6-5-9-20(23)25/h2-4,7-8,10-13,21H,5-6,9,14-15H2,1H3,(H,22,24). The average molecular weight is 336 g/mol. The maximum atomic E-state index is 12.6. The Kier molecular flexibility index (Phi) is 5.49. The highest BCUT2D eigenvalue weighted by molar-refractivity contribution is 5.85. The average Bonchev–Trinajstić information content (AvgIpc) is 2.63. The molecule has 0 saturated carbocycles. The van der Waals surface area contributed by atoms with Gasteiger partial charge in [-0.25, -0.2) is 0 Å². The third-order valence-electron chi connectivity index (χ3n) is 4.60. The number of likely N-dealkylation sites (tertiary alicyclic amines) is 1. The molecule has 4 heteroatoms. The zero-order valence-corrected chi connectivity index (χ0v) is 14.6. The van der Waals surface area contributed by atoms with Crippen molar-refractivity contribution in [1.82, 2.24) is 10.2 Å². The summed E-state index contributed by atoms with van der Waals surface area (Å²) >= 11 is 0. The number of aryl methyl sites for hydroxylation is 1. The number of hydrogen-bond acceptors (Lipinski definition) is 2. The molecule has 2 aromatic carbocycles. The molecule has 1 saturated heterocycles. The van der Waals surface area contributed by atoms with Gasteiger partial charge in [0.2, 0.25) is 11.8 Å². The Morgan fingerprint density at radius 3 is 2.40 bits per heavy atom. The van der Waals surface area contributed by atoms with Gasteiger partial charge in [0.25, 0.3) is 0 Å². The highest BCUT2D eigenvalue weighted by atomic mass is 16.2. The Balaban J connectivity index is 1.76.